The summed E-state index contributed by atoms with van der Waals surface area (Å²) in [5.74, 6) is -0.962. The second kappa shape index (κ2) is 5.18. The van der Waals surface area contributed by atoms with Crippen molar-refractivity contribution in [2.24, 2.45) is 0 Å². The number of benzene rings is 1. The van der Waals surface area contributed by atoms with Crippen molar-refractivity contribution in [3.8, 4) is 0 Å². The van der Waals surface area contributed by atoms with E-state index in [2.05, 4.69) is 5.32 Å². The van der Waals surface area contributed by atoms with Crippen molar-refractivity contribution in [2.45, 2.75) is 12.8 Å². The summed E-state index contributed by atoms with van der Waals surface area (Å²) in [6, 6.07) is 5.09. The van der Waals surface area contributed by atoms with Crippen molar-refractivity contribution in [1.82, 2.24) is 5.32 Å². The number of anilines is 1. The highest BCUT2D eigenvalue weighted by molar-refractivity contribution is 5.99. The number of carbonyl (C=O) groups excluding carboxylic acids is 1. The topological polar surface area (TPSA) is 69.6 Å². The number of aromatic carboxylic acids is 1. The average Bonchev–Trinajstić information content (AvgIpc) is 2.37. The van der Waals surface area contributed by atoms with Crippen molar-refractivity contribution in [3.05, 3.63) is 29.3 Å². The average molecular weight is 248 g/mol. The number of carboxylic acid groups (broad SMARTS) is 1. The van der Waals surface area contributed by atoms with E-state index in [1.165, 1.54) is 0 Å². The molecule has 1 aromatic rings. The molecule has 1 heterocycles. The minimum Gasteiger partial charge on any atom is -0.478 e. The van der Waals surface area contributed by atoms with Crippen LogP contribution in [0.5, 0.6) is 0 Å². The minimum absolute atomic E-state index is 0.0269. The summed E-state index contributed by atoms with van der Waals surface area (Å²) in [5, 5.41) is 12.0. The summed E-state index contributed by atoms with van der Waals surface area (Å²) in [5.41, 5.74) is 1.80. The molecule has 0 saturated heterocycles. The lowest BCUT2D eigenvalue weighted by Crippen LogP contribution is -2.40. The van der Waals surface area contributed by atoms with Gasteiger partial charge in [0.05, 0.1) is 12.1 Å². The van der Waals surface area contributed by atoms with Crippen LogP contribution in [0.3, 0.4) is 0 Å². The van der Waals surface area contributed by atoms with Gasteiger partial charge in [-0.05, 0) is 37.6 Å². The van der Waals surface area contributed by atoms with E-state index in [0.717, 1.165) is 17.7 Å². The van der Waals surface area contributed by atoms with E-state index in [1.54, 1.807) is 24.1 Å². The number of hydrogen-bond donors (Lipinski definition) is 2. The quantitative estimate of drug-likeness (QED) is 0.833. The van der Waals surface area contributed by atoms with Crippen LogP contribution in [0.15, 0.2) is 18.2 Å². The van der Waals surface area contributed by atoms with Gasteiger partial charge < -0.3 is 15.3 Å². The van der Waals surface area contributed by atoms with Gasteiger partial charge in [0.25, 0.3) is 0 Å². The SMILES string of the molecule is CNCC(=O)N1CCCc2c(C(=O)O)cccc21. The number of likely N-dealkylation sites (N-methyl/N-ethyl adjacent to an activating group) is 1. The molecule has 2 N–H and O–H groups in total. The predicted molar refractivity (Wildman–Crippen MR) is 68.0 cm³/mol. The molecule has 5 heteroatoms. The summed E-state index contributed by atoms with van der Waals surface area (Å²) in [7, 11) is 1.72. The van der Waals surface area contributed by atoms with E-state index in [4.69, 9.17) is 5.11 Å². The van der Waals surface area contributed by atoms with Crippen molar-refractivity contribution in [2.75, 3.05) is 25.0 Å². The number of amides is 1. The number of nitrogens with one attached hydrogen (secondary N) is 1. The Morgan fingerprint density at radius 2 is 2.22 bits per heavy atom. The lowest BCUT2D eigenvalue weighted by molar-refractivity contribution is -0.117. The Kier molecular flexibility index (Phi) is 3.62. The summed E-state index contributed by atoms with van der Waals surface area (Å²) in [4.78, 5) is 24.8. The van der Waals surface area contributed by atoms with Gasteiger partial charge >= 0.3 is 5.97 Å². The van der Waals surface area contributed by atoms with E-state index in [9.17, 15) is 9.59 Å². The highest BCUT2D eigenvalue weighted by Crippen LogP contribution is 2.29. The largest absolute Gasteiger partial charge is 0.478 e. The molecule has 0 radical (unpaired) electrons. The van der Waals surface area contributed by atoms with E-state index in [-0.39, 0.29) is 12.5 Å². The van der Waals surface area contributed by atoms with Gasteiger partial charge in [0.15, 0.2) is 0 Å². The van der Waals surface area contributed by atoms with Crippen LogP contribution in [-0.4, -0.2) is 37.1 Å². The highest BCUT2D eigenvalue weighted by Gasteiger charge is 2.25. The second-order valence-electron chi connectivity index (χ2n) is 4.29. The molecule has 1 aromatic carbocycles. The number of carboxylic acids is 1. The monoisotopic (exact) mass is 248 g/mol. The van der Waals surface area contributed by atoms with Crippen molar-refractivity contribution in [3.63, 3.8) is 0 Å². The highest BCUT2D eigenvalue weighted by atomic mass is 16.4. The van der Waals surface area contributed by atoms with E-state index in [1.807, 2.05) is 6.07 Å². The molecule has 0 atom stereocenters. The number of nitrogens with zero attached hydrogens (tertiary/aromatic N) is 1. The molecule has 0 unspecified atom stereocenters. The van der Waals surface area contributed by atoms with Gasteiger partial charge in [-0.3, -0.25) is 4.79 Å². The van der Waals surface area contributed by atoms with Crippen LogP contribution in [-0.2, 0) is 11.2 Å². The molecule has 1 aliphatic heterocycles. The van der Waals surface area contributed by atoms with Gasteiger partial charge in [0.1, 0.15) is 0 Å². The summed E-state index contributed by atoms with van der Waals surface area (Å²) in [6.45, 7) is 0.910. The molecule has 1 aliphatic rings. The fourth-order valence-electron chi connectivity index (χ4n) is 2.33. The van der Waals surface area contributed by atoms with Crippen LogP contribution < -0.4 is 10.2 Å². The molecule has 0 saturated carbocycles. The second-order valence-corrected chi connectivity index (χ2v) is 4.29. The van der Waals surface area contributed by atoms with Crippen LogP contribution >= 0.6 is 0 Å². The molecule has 18 heavy (non-hydrogen) atoms. The first kappa shape index (κ1) is 12.6. The summed E-state index contributed by atoms with van der Waals surface area (Å²) >= 11 is 0. The smallest absolute Gasteiger partial charge is 0.336 e. The Bertz CT molecular complexity index is 485. The van der Waals surface area contributed by atoms with E-state index in [0.29, 0.717) is 18.5 Å². The zero-order chi connectivity index (χ0) is 13.1. The maximum absolute atomic E-state index is 12.0. The van der Waals surface area contributed by atoms with Gasteiger partial charge in [-0.1, -0.05) is 6.07 Å². The molecule has 0 spiro atoms. The Morgan fingerprint density at radius 1 is 1.44 bits per heavy atom. The van der Waals surface area contributed by atoms with E-state index < -0.39 is 5.97 Å². The zero-order valence-corrected chi connectivity index (χ0v) is 10.3. The zero-order valence-electron chi connectivity index (χ0n) is 10.3. The van der Waals surface area contributed by atoms with Crippen LogP contribution in [0, 0.1) is 0 Å². The van der Waals surface area contributed by atoms with Gasteiger partial charge in [0, 0.05) is 12.2 Å². The maximum atomic E-state index is 12.0. The molecule has 0 aliphatic carbocycles. The first-order valence-corrected chi connectivity index (χ1v) is 5.95. The maximum Gasteiger partial charge on any atom is 0.336 e. The first-order chi connectivity index (χ1) is 8.65. The molecule has 5 nitrogen and oxygen atoms in total. The molecular weight excluding hydrogens is 232 g/mol. The van der Waals surface area contributed by atoms with Crippen molar-refractivity contribution < 1.29 is 14.7 Å². The lowest BCUT2D eigenvalue weighted by Gasteiger charge is -2.30. The first-order valence-electron chi connectivity index (χ1n) is 5.95. The summed E-state index contributed by atoms with van der Waals surface area (Å²) < 4.78 is 0. The summed E-state index contributed by atoms with van der Waals surface area (Å²) in [6.07, 6.45) is 1.51. The number of rotatable bonds is 3. The number of fused-ring (bicyclic) bond motifs is 1. The third kappa shape index (κ3) is 2.22. The molecule has 0 fully saturated rings. The van der Waals surface area contributed by atoms with Crippen molar-refractivity contribution in [1.29, 1.82) is 0 Å². The molecule has 96 valence electrons. The number of hydrogen-bond acceptors (Lipinski definition) is 3. The Hall–Kier alpha value is -1.88. The fraction of sp³-hybridized carbons (Fsp3) is 0.385. The predicted octanol–water partition coefficient (Wildman–Crippen LogP) is 0.883. The molecule has 0 aromatic heterocycles. The van der Waals surface area contributed by atoms with Crippen LogP contribution in [0.1, 0.15) is 22.3 Å². The standard InChI is InChI=1S/C13H16N2O3/c1-14-8-12(16)15-7-3-5-9-10(13(17)18)4-2-6-11(9)15/h2,4,6,14H,3,5,7-8H2,1H3,(H,17,18). The van der Waals surface area contributed by atoms with Crippen LogP contribution in [0.2, 0.25) is 0 Å². The Labute approximate surface area is 105 Å². The molecular formula is C13H16N2O3. The Morgan fingerprint density at radius 3 is 2.89 bits per heavy atom. The Balaban J connectivity index is 2.41. The third-order valence-corrected chi connectivity index (χ3v) is 3.11. The van der Waals surface area contributed by atoms with Crippen LogP contribution in [0.4, 0.5) is 5.69 Å². The van der Waals surface area contributed by atoms with E-state index >= 15 is 0 Å². The third-order valence-electron chi connectivity index (χ3n) is 3.11. The van der Waals surface area contributed by atoms with Crippen LogP contribution in [0.25, 0.3) is 0 Å². The van der Waals surface area contributed by atoms with Gasteiger partial charge in [-0.25, -0.2) is 4.79 Å². The minimum atomic E-state index is -0.935. The van der Waals surface area contributed by atoms with Gasteiger partial charge in [-0.15, -0.1) is 0 Å². The van der Waals surface area contributed by atoms with Gasteiger partial charge in [-0.2, -0.15) is 0 Å². The molecule has 0 bridgehead atoms. The number of carbonyl (C=O) groups is 2. The van der Waals surface area contributed by atoms with Gasteiger partial charge in [0.2, 0.25) is 5.91 Å². The lowest BCUT2D eigenvalue weighted by atomic mass is 9.96. The van der Waals surface area contributed by atoms with Crippen molar-refractivity contribution >= 4 is 17.6 Å². The normalized spacial score (nSPS) is 14.2. The molecule has 2 rings (SSSR count). The molecule has 1 amide bonds. The fourth-order valence-corrected chi connectivity index (χ4v) is 2.33.